The second-order valence-electron chi connectivity index (χ2n) is 6.64. The highest BCUT2D eigenvalue weighted by Gasteiger charge is 2.15. The molecular weight excluding hydrogens is 424 g/mol. The second-order valence-corrected chi connectivity index (χ2v) is 8.73. The smallest absolute Gasteiger partial charge is 0.261 e. The molecule has 0 bridgehead atoms. The fraction of sp³-hybridized carbons (Fsp3) is 0.136. The monoisotopic (exact) mass is 444 g/mol. The summed E-state index contributed by atoms with van der Waals surface area (Å²) in [5.74, 6) is 1.32. The Hall–Kier alpha value is -3.03. The Kier molecular flexibility index (Phi) is 6.64. The summed E-state index contributed by atoms with van der Waals surface area (Å²) in [7, 11) is -3.77. The number of carbonyl (C=O) groups is 1. The van der Waals surface area contributed by atoms with E-state index >= 15 is 0 Å². The van der Waals surface area contributed by atoms with Crippen molar-refractivity contribution in [1.29, 1.82) is 0 Å². The maximum Gasteiger partial charge on any atom is 0.261 e. The van der Waals surface area contributed by atoms with Crippen molar-refractivity contribution in [2.75, 3.05) is 4.72 Å². The summed E-state index contributed by atoms with van der Waals surface area (Å²) >= 11 is 6.01. The quantitative estimate of drug-likeness (QED) is 0.518. The predicted octanol–water partition coefficient (Wildman–Crippen LogP) is 4.68. The Labute approximate surface area is 180 Å². The van der Waals surface area contributed by atoms with Crippen LogP contribution in [0.15, 0.2) is 70.0 Å². The fourth-order valence-corrected chi connectivity index (χ4v) is 4.10. The van der Waals surface area contributed by atoms with Crippen LogP contribution in [0.2, 0.25) is 5.02 Å². The molecule has 0 aliphatic heterocycles. The van der Waals surface area contributed by atoms with Gasteiger partial charge in [0.1, 0.15) is 11.5 Å². The SMILES string of the molecule is Cc1cc(CNC(=O)/C=C/c2ccc(S(=O)(=O)Nc3ccccc3Cl)cc2)c(C)o1. The maximum atomic E-state index is 12.5. The van der Waals surface area contributed by atoms with Gasteiger partial charge in [0.2, 0.25) is 5.91 Å². The zero-order valence-electron chi connectivity index (χ0n) is 16.5. The van der Waals surface area contributed by atoms with Gasteiger partial charge in [0.15, 0.2) is 0 Å². The molecule has 0 saturated heterocycles. The first-order valence-corrected chi connectivity index (χ1v) is 11.0. The summed E-state index contributed by atoms with van der Waals surface area (Å²) in [6.07, 6.45) is 3.01. The molecule has 0 aliphatic rings. The number of benzene rings is 2. The van der Waals surface area contributed by atoms with E-state index in [-0.39, 0.29) is 10.8 Å². The average Bonchev–Trinajstić information content (AvgIpc) is 3.04. The lowest BCUT2D eigenvalue weighted by atomic mass is 10.2. The highest BCUT2D eigenvalue weighted by atomic mass is 35.5. The van der Waals surface area contributed by atoms with Crippen LogP contribution in [-0.4, -0.2) is 14.3 Å². The number of hydrogen-bond donors (Lipinski definition) is 2. The van der Waals surface area contributed by atoms with Crippen LogP contribution in [0.4, 0.5) is 5.69 Å². The third-order valence-corrected chi connectivity index (χ3v) is 6.04. The third-order valence-electron chi connectivity index (χ3n) is 4.33. The lowest BCUT2D eigenvalue weighted by Crippen LogP contribution is -2.20. The van der Waals surface area contributed by atoms with Crippen LogP contribution in [0.1, 0.15) is 22.6 Å². The largest absolute Gasteiger partial charge is 0.466 e. The Morgan fingerprint density at radius 3 is 2.43 bits per heavy atom. The van der Waals surface area contributed by atoms with Crippen LogP contribution in [-0.2, 0) is 21.4 Å². The summed E-state index contributed by atoms with van der Waals surface area (Å²) < 4.78 is 32.9. The van der Waals surface area contributed by atoms with Gasteiger partial charge in [-0.15, -0.1) is 0 Å². The molecule has 0 aliphatic carbocycles. The van der Waals surface area contributed by atoms with E-state index in [2.05, 4.69) is 10.0 Å². The fourth-order valence-electron chi connectivity index (χ4n) is 2.78. The van der Waals surface area contributed by atoms with Crippen molar-refractivity contribution in [3.8, 4) is 0 Å². The Morgan fingerprint density at radius 2 is 1.80 bits per heavy atom. The topological polar surface area (TPSA) is 88.4 Å². The van der Waals surface area contributed by atoms with Crippen LogP contribution in [0.25, 0.3) is 6.08 Å². The van der Waals surface area contributed by atoms with Crippen molar-refractivity contribution in [3.63, 3.8) is 0 Å². The number of furan rings is 1. The van der Waals surface area contributed by atoms with Gasteiger partial charge in [-0.1, -0.05) is 35.9 Å². The van der Waals surface area contributed by atoms with Crippen molar-refractivity contribution in [3.05, 3.63) is 88.3 Å². The molecule has 0 unspecified atom stereocenters. The van der Waals surface area contributed by atoms with Crippen molar-refractivity contribution >= 4 is 39.3 Å². The highest BCUT2D eigenvalue weighted by Crippen LogP contribution is 2.24. The molecule has 1 amide bonds. The zero-order chi connectivity index (χ0) is 21.7. The van der Waals surface area contributed by atoms with Crippen molar-refractivity contribution in [2.45, 2.75) is 25.3 Å². The molecule has 3 aromatic rings. The van der Waals surface area contributed by atoms with Gasteiger partial charge >= 0.3 is 0 Å². The molecule has 0 atom stereocenters. The van der Waals surface area contributed by atoms with Gasteiger partial charge < -0.3 is 9.73 Å². The summed E-state index contributed by atoms with van der Waals surface area (Å²) in [4.78, 5) is 12.1. The number of aryl methyl sites for hydroxylation is 2. The van der Waals surface area contributed by atoms with Gasteiger partial charge in [0.25, 0.3) is 10.0 Å². The Balaban J connectivity index is 1.61. The van der Waals surface area contributed by atoms with Gasteiger partial charge in [-0.2, -0.15) is 0 Å². The molecule has 1 aromatic heterocycles. The van der Waals surface area contributed by atoms with E-state index in [1.54, 1.807) is 42.5 Å². The molecule has 156 valence electrons. The van der Waals surface area contributed by atoms with E-state index in [9.17, 15) is 13.2 Å². The van der Waals surface area contributed by atoms with Gasteiger partial charge in [-0.05, 0) is 55.8 Å². The third kappa shape index (κ3) is 5.52. The predicted molar refractivity (Wildman–Crippen MR) is 118 cm³/mol. The van der Waals surface area contributed by atoms with Gasteiger partial charge in [-0.3, -0.25) is 9.52 Å². The molecule has 0 spiro atoms. The van der Waals surface area contributed by atoms with Crippen LogP contribution in [0.3, 0.4) is 0 Å². The molecule has 0 saturated carbocycles. The van der Waals surface area contributed by atoms with Gasteiger partial charge in [0, 0.05) is 18.2 Å². The van der Waals surface area contributed by atoms with Crippen LogP contribution >= 0.6 is 11.6 Å². The minimum atomic E-state index is -3.77. The number of carbonyl (C=O) groups excluding carboxylic acids is 1. The molecule has 2 N–H and O–H groups in total. The van der Waals surface area contributed by atoms with E-state index in [4.69, 9.17) is 16.0 Å². The van der Waals surface area contributed by atoms with Crippen molar-refractivity contribution in [2.24, 2.45) is 0 Å². The first-order chi connectivity index (χ1) is 14.2. The minimum Gasteiger partial charge on any atom is -0.466 e. The average molecular weight is 445 g/mol. The normalized spacial score (nSPS) is 11.6. The minimum absolute atomic E-state index is 0.0924. The maximum absolute atomic E-state index is 12.5. The van der Waals surface area contributed by atoms with E-state index in [1.807, 2.05) is 19.9 Å². The number of amides is 1. The number of para-hydroxylation sites is 1. The first kappa shape index (κ1) is 21.7. The zero-order valence-corrected chi connectivity index (χ0v) is 18.0. The van der Waals surface area contributed by atoms with E-state index in [1.165, 1.54) is 18.2 Å². The molecule has 1 heterocycles. The number of hydrogen-bond acceptors (Lipinski definition) is 4. The van der Waals surface area contributed by atoms with E-state index in [0.29, 0.717) is 22.8 Å². The molecule has 3 rings (SSSR count). The molecule has 8 heteroatoms. The Bertz CT molecular complexity index is 1180. The van der Waals surface area contributed by atoms with Crippen molar-refractivity contribution < 1.29 is 17.6 Å². The Morgan fingerprint density at radius 1 is 1.10 bits per heavy atom. The van der Waals surface area contributed by atoms with Gasteiger partial charge in [-0.25, -0.2) is 8.42 Å². The summed E-state index contributed by atoms with van der Waals surface area (Å²) in [5.41, 5.74) is 1.93. The number of nitrogens with one attached hydrogen (secondary N) is 2. The summed E-state index contributed by atoms with van der Waals surface area (Å²) in [6.45, 7) is 4.07. The lowest BCUT2D eigenvalue weighted by Gasteiger charge is -2.09. The number of rotatable bonds is 7. The highest BCUT2D eigenvalue weighted by molar-refractivity contribution is 7.92. The van der Waals surface area contributed by atoms with Crippen molar-refractivity contribution in [1.82, 2.24) is 5.32 Å². The number of anilines is 1. The lowest BCUT2D eigenvalue weighted by molar-refractivity contribution is -0.116. The van der Waals surface area contributed by atoms with E-state index < -0.39 is 10.0 Å². The second kappa shape index (κ2) is 9.19. The molecule has 0 radical (unpaired) electrons. The molecular formula is C22H21ClN2O4S. The molecule has 6 nitrogen and oxygen atoms in total. The molecule has 2 aromatic carbocycles. The summed E-state index contributed by atoms with van der Waals surface area (Å²) in [6, 6.07) is 14.7. The molecule has 30 heavy (non-hydrogen) atoms. The number of halogens is 1. The van der Waals surface area contributed by atoms with Crippen LogP contribution in [0.5, 0.6) is 0 Å². The van der Waals surface area contributed by atoms with Crippen LogP contribution in [0, 0.1) is 13.8 Å². The number of sulfonamides is 1. The van der Waals surface area contributed by atoms with Gasteiger partial charge in [0.05, 0.1) is 15.6 Å². The summed E-state index contributed by atoms with van der Waals surface area (Å²) in [5, 5.41) is 3.10. The van der Waals surface area contributed by atoms with Crippen LogP contribution < -0.4 is 10.0 Å². The van der Waals surface area contributed by atoms with E-state index in [0.717, 1.165) is 17.1 Å². The molecule has 0 fully saturated rings. The first-order valence-electron chi connectivity index (χ1n) is 9.14. The standard InChI is InChI=1S/C22H21ClN2O4S/c1-15-13-18(16(2)29-15)14-24-22(26)12-9-17-7-10-19(11-8-17)30(27,28)25-21-6-4-3-5-20(21)23/h3-13,25H,14H2,1-2H3,(H,24,26)/b12-9+.